The number of aliphatic imine (C=N–C) groups is 2. The molecule has 9 heterocycles. The third kappa shape index (κ3) is 16.4. The number of fused-ring (bicyclic) bond motifs is 7. The predicted octanol–water partition coefficient (Wildman–Crippen LogP) is 1.66. The lowest BCUT2D eigenvalue weighted by Gasteiger charge is -2.41. The number of ether oxygens (including phenoxy) is 1. The predicted molar refractivity (Wildman–Crippen MR) is 386 cm³/mol. The summed E-state index contributed by atoms with van der Waals surface area (Å²) in [4.78, 5) is 162. The van der Waals surface area contributed by atoms with Crippen LogP contribution in [0.5, 0.6) is 0 Å². The maximum absolute atomic E-state index is 15.2. The molecule has 548 valence electrons. The number of primary amides is 1. The average molecular weight is 1530 g/mol. The molecule has 13 bridgehead atoms. The molecule has 16 atom stereocenters. The van der Waals surface area contributed by atoms with Crippen LogP contribution < -0.4 is 53.6 Å². The first-order valence-electron chi connectivity index (χ1n) is 32.5. The van der Waals surface area contributed by atoms with Crippen LogP contribution in [0, 0.1) is 5.92 Å². The number of nitrogens with two attached hydrogens (primary N) is 1. The van der Waals surface area contributed by atoms with Crippen molar-refractivity contribution in [3.8, 4) is 0 Å². The summed E-state index contributed by atoms with van der Waals surface area (Å²) in [6, 6.07) is -10.6. The summed E-state index contributed by atoms with van der Waals surface area (Å²) in [6.45, 7) is 18.3. The molecular formula is C65H77N17O15S6. The van der Waals surface area contributed by atoms with Crippen molar-refractivity contribution in [2.24, 2.45) is 21.6 Å². The van der Waals surface area contributed by atoms with Crippen molar-refractivity contribution in [2.45, 2.75) is 178 Å². The van der Waals surface area contributed by atoms with Crippen molar-refractivity contribution >= 4 is 144 Å². The van der Waals surface area contributed by atoms with Crippen LogP contribution in [-0.2, 0) is 39.0 Å². The molecule has 16 N–H and O–H groups in total. The number of hydrogen-bond donors (Lipinski definition) is 15. The SMILES string of the molecule is C=C1NC(=O)[C@H](C)NC(=O)[C@H](C(C)C)N[C@@H]2C=Cc3c([C@H](C)O)cc(nc3[C@H]2O)C(=O)O[C@H](C)[C@@H]2NC(=S)c3csc(n3)[C@H]([C@](C)(O)[C@@H](C)O)NC(=O)[C@H]3CSC(=N3)/C(=C/C)NC(=O)[C@H]([C@@H](C)O)NC(=O)c3csc(n3)[C@]3(CCC(c4nc(C(N)=O)cs4)=N[C@@H]3c3csc2n3)NC(=O)[C@H](C)NC1=O. The molecule has 0 radical (unpaired) electrons. The van der Waals surface area contributed by atoms with E-state index in [2.05, 4.69) is 69.4 Å². The number of cyclic esters (lactones) is 1. The van der Waals surface area contributed by atoms with Crippen LogP contribution in [0.3, 0.4) is 0 Å². The highest BCUT2D eigenvalue weighted by Crippen LogP contribution is 2.48. The molecule has 103 heavy (non-hydrogen) atoms. The van der Waals surface area contributed by atoms with Crippen molar-refractivity contribution in [3.63, 3.8) is 0 Å². The van der Waals surface area contributed by atoms with Gasteiger partial charge < -0.3 is 78.5 Å². The van der Waals surface area contributed by atoms with Gasteiger partial charge >= 0.3 is 5.97 Å². The molecule has 0 saturated heterocycles. The molecule has 1 aliphatic carbocycles. The summed E-state index contributed by atoms with van der Waals surface area (Å²) in [5, 5.41) is 89.3. The molecule has 10 rings (SSSR count). The number of allylic oxidation sites excluding steroid dienone is 1. The fraction of sp³-hybridized carbons (Fsp3) is 0.462. The number of nitrogens with one attached hydrogen (secondary N) is 9. The Balaban J connectivity index is 1.17. The van der Waals surface area contributed by atoms with Gasteiger partial charge in [0.1, 0.15) is 118 Å². The number of esters is 1. The van der Waals surface area contributed by atoms with Crippen molar-refractivity contribution in [2.75, 3.05) is 5.75 Å². The summed E-state index contributed by atoms with van der Waals surface area (Å²) < 4.78 is 6.32. The molecule has 38 heteroatoms. The van der Waals surface area contributed by atoms with E-state index in [1.54, 1.807) is 38.3 Å². The molecule has 0 aromatic carbocycles. The number of pyridine rings is 1. The Hall–Kier alpha value is -8.54. The summed E-state index contributed by atoms with van der Waals surface area (Å²) >= 11 is 11.1. The number of aliphatic hydroxyl groups is 5. The molecule has 32 nitrogen and oxygen atoms in total. The Morgan fingerprint density at radius 2 is 1.50 bits per heavy atom. The topological polar surface area (TPSA) is 487 Å². The largest absolute Gasteiger partial charge is 0.455 e. The minimum atomic E-state index is -2.10. The number of aromatic nitrogens is 5. The average Bonchev–Trinajstić information content (AvgIpc) is 1.71. The van der Waals surface area contributed by atoms with Crippen molar-refractivity contribution in [1.29, 1.82) is 0 Å². The van der Waals surface area contributed by atoms with E-state index in [0.29, 0.717) is 0 Å². The van der Waals surface area contributed by atoms with Crippen LogP contribution in [0.25, 0.3) is 6.08 Å². The standard InChI is InChI=1S/C65H77N17O15S6/c1-12-33-58-76-39(20-100-58)54(92)81-48(64(11,96)30(10)85)61-77-41(22-102-61)57(98)80-44-29(9)97-62(95)36-17-32(27(7)83)31-13-14-34(46(86)45(31)71-36)70-42(23(2)3)55(93)69-25(5)51(89)67-24(4)50(88)68-26(6)52(90)82-65(63-78-40(21-103-63)53(91)79-43(28(8)84)56(94)73-33)16-15-35(59-75-38(19-99-59)49(66)87)72-47(65)37-18-101-60(44)74-37/h12-14,17-19,21-23,25-30,34,39,42-44,46-48,70,83-86,96H,4,15-16,20H2,1-3,5-11H3,(H2,66,87)(H,67,89)(H,68,88)(H,69,93)(H,73,94)(H,79,91)(H,80,98)(H,81,92)(H,82,90)/b33-12-/t25-,26-,27-,28+,29+,30+,34+,39+,42-,43-,44-,46-,47+,48+,64+,65+/m0/s1. The molecule has 4 aliphatic heterocycles. The zero-order valence-corrected chi connectivity index (χ0v) is 62.0. The van der Waals surface area contributed by atoms with E-state index in [1.165, 1.54) is 76.7 Å². The van der Waals surface area contributed by atoms with Gasteiger partial charge in [-0.3, -0.25) is 53.7 Å². The molecule has 8 amide bonds. The van der Waals surface area contributed by atoms with Gasteiger partial charge in [0.15, 0.2) is 0 Å². The highest BCUT2D eigenvalue weighted by Gasteiger charge is 2.51. The molecule has 5 aromatic rings. The van der Waals surface area contributed by atoms with Crippen molar-refractivity contribution in [1.82, 2.24) is 72.8 Å². The Labute approximate surface area is 615 Å². The third-order valence-electron chi connectivity index (χ3n) is 17.8. The maximum atomic E-state index is 15.2. The summed E-state index contributed by atoms with van der Waals surface area (Å²) in [5.41, 5.74) is 1.28. The molecule has 0 spiro atoms. The maximum Gasteiger partial charge on any atom is 0.357 e. The summed E-state index contributed by atoms with van der Waals surface area (Å²) in [7, 11) is 0. The number of carbonyl (C=O) groups excluding carboxylic acids is 9. The highest BCUT2D eigenvalue weighted by molar-refractivity contribution is 8.14. The van der Waals surface area contributed by atoms with Gasteiger partial charge in [0.2, 0.25) is 29.5 Å². The van der Waals surface area contributed by atoms with Crippen LogP contribution in [0.15, 0.2) is 67.7 Å². The fourth-order valence-corrected chi connectivity index (χ4v) is 16.8. The minimum Gasteiger partial charge on any atom is -0.455 e. The van der Waals surface area contributed by atoms with Gasteiger partial charge in [0.25, 0.3) is 17.7 Å². The lowest BCUT2D eigenvalue weighted by molar-refractivity contribution is -0.131. The van der Waals surface area contributed by atoms with Gasteiger partial charge in [-0.2, -0.15) is 0 Å². The number of carbonyl (C=O) groups is 9. The van der Waals surface area contributed by atoms with Gasteiger partial charge in [-0.05, 0) is 85.8 Å². The first kappa shape index (κ1) is 77.1. The fourth-order valence-electron chi connectivity index (χ4n) is 11.6. The van der Waals surface area contributed by atoms with E-state index in [0.717, 1.165) is 57.1 Å². The highest BCUT2D eigenvalue weighted by atomic mass is 32.2. The lowest BCUT2D eigenvalue weighted by Crippen LogP contribution is -2.57. The Morgan fingerprint density at radius 1 is 0.786 bits per heavy atom. The number of thiocarbonyl (C=S) groups is 1. The number of thiazole rings is 4. The molecule has 0 unspecified atom stereocenters. The molecule has 5 aromatic heterocycles. The van der Waals surface area contributed by atoms with E-state index in [9.17, 15) is 63.9 Å². The van der Waals surface area contributed by atoms with Gasteiger partial charge in [-0.1, -0.05) is 50.9 Å². The van der Waals surface area contributed by atoms with E-state index < -0.39 is 161 Å². The Kier molecular flexibility index (Phi) is 23.5. The number of nitrogens with zero attached hydrogens (tertiary/aromatic N) is 7. The second-order valence-electron chi connectivity index (χ2n) is 25.8. The summed E-state index contributed by atoms with van der Waals surface area (Å²) in [5.74, 6) is -8.42. The molecule has 5 aliphatic rings. The van der Waals surface area contributed by atoms with E-state index in [4.69, 9.17) is 42.6 Å². The van der Waals surface area contributed by atoms with Gasteiger partial charge in [0.05, 0.1) is 58.9 Å². The van der Waals surface area contributed by atoms with E-state index in [-0.39, 0.29) is 105 Å². The Morgan fingerprint density at radius 3 is 2.17 bits per heavy atom. The number of hydrogen-bond acceptors (Lipinski definition) is 29. The van der Waals surface area contributed by atoms with Gasteiger partial charge in [-0.25, -0.2) is 29.7 Å². The smallest absolute Gasteiger partial charge is 0.357 e. The Bertz CT molecular complexity index is 4370. The molecule has 0 saturated carbocycles. The normalized spacial score (nSPS) is 28.4. The second kappa shape index (κ2) is 31.4. The van der Waals surface area contributed by atoms with Crippen molar-refractivity contribution < 1.29 is 73.4 Å². The molecular weight excluding hydrogens is 1450 g/mol. The number of amides is 8. The van der Waals surface area contributed by atoms with Crippen LogP contribution in [0.4, 0.5) is 0 Å². The third-order valence-corrected chi connectivity index (χ3v) is 23.0. The van der Waals surface area contributed by atoms with E-state index in [1.807, 2.05) is 0 Å². The van der Waals surface area contributed by atoms with E-state index >= 15 is 4.79 Å². The van der Waals surface area contributed by atoms with Crippen LogP contribution in [-0.4, -0.2) is 185 Å². The van der Waals surface area contributed by atoms with Gasteiger partial charge in [-0.15, -0.1) is 57.1 Å². The summed E-state index contributed by atoms with van der Waals surface area (Å²) in [6.07, 6.45) is -2.76. The number of aliphatic hydroxyl groups excluding tert-OH is 4. The minimum absolute atomic E-state index is 0.00683. The first-order valence-corrected chi connectivity index (χ1v) is 37.4. The lowest BCUT2D eigenvalue weighted by atomic mass is 9.80. The monoisotopic (exact) mass is 1530 g/mol. The number of rotatable bonds is 7. The van der Waals surface area contributed by atoms with Crippen LogP contribution in [0.1, 0.15) is 192 Å². The number of thioether (sulfide) groups is 1. The van der Waals surface area contributed by atoms with Gasteiger partial charge in [0, 0.05) is 32.8 Å². The molecule has 0 fully saturated rings. The zero-order chi connectivity index (χ0) is 75.0. The first-order chi connectivity index (χ1) is 48.6. The van der Waals surface area contributed by atoms with Crippen molar-refractivity contribution in [3.05, 3.63) is 123 Å². The quantitative estimate of drug-likeness (QED) is 0.0626. The van der Waals surface area contributed by atoms with Crippen LogP contribution >= 0.6 is 69.3 Å². The zero-order valence-electron chi connectivity index (χ0n) is 57.1. The second-order valence-corrected chi connectivity index (χ2v) is 30.7. The van der Waals surface area contributed by atoms with Crippen LogP contribution in [0.2, 0.25) is 0 Å².